The van der Waals surface area contributed by atoms with Crippen molar-refractivity contribution in [2.75, 3.05) is 11.4 Å². The smallest absolute Gasteiger partial charge is 0.318 e. The molecule has 0 aliphatic carbocycles. The van der Waals surface area contributed by atoms with E-state index in [9.17, 15) is 9.59 Å². The van der Waals surface area contributed by atoms with Crippen molar-refractivity contribution in [1.82, 2.24) is 10.3 Å². The second kappa shape index (κ2) is 11.5. The summed E-state index contributed by atoms with van der Waals surface area (Å²) in [5.74, 6) is -0.669. The third-order valence-corrected chi connectivity index (χ3v) is 4.44. The number of hydrogen-bond donors (Lipinski definition) is 4. The molecule has 0 fully saturated rings. The molecule has 1 aromatic heterocycles. The predicted molar refractivity (Wildman–Crippen MR) is 122 cm³/mol. The first-order valence-corrected chi connectivity index (χ1v) is 10.1. The number of pyridine rings is 1. The van der Waals surface area contributed by atoms with Crippen LogP contribution >= 0.6 is 0 Å². The second-order valence-electron chi connectivity index (χ2n) is 7.54. The van der Waals surface area contributed by atoms with Gasteiger partial charge in [0.05, 0.1) is 0 Å². The number of carbonyl (C=O) groups is 2. The van der Waals surface area contributed by atoms with Crippen molar-refractivity contribution in [3.05, 3.63) is 66.0 Å². The maximum atomic E-state index is 11.3. The highest BCUT2D eigenvalue weighted by Crippen LogP contribution is 2.28. The second-order valence-corrected chi connectivity index (χ2v) is 7.54. The van der Waals surface area contributed by atoms with Crippen molar-refractivity contribution in [1.29, 1.82) is 5.41 Å². The van der Waals surface area contributed by atoms with Crippen LogP contribution in [0.2, 0.25) is 0 Å². The van der Waals surface area contributed by atoms with Gasteiger partial charge in [-0.2, -0.15) is 0 Å². The lowest BCUT2D eigenvalue weighted by Gasteiger charge is -2.27. The van der Waals surface area contributed by atoms with Crippen LogP contribution in [0.15, 0.2) is 54.9 Å². The Balaban J connectivity index is 2.42. The van der Waals surface area contributed by atoms with E-state index in [4.69, 9.17) is 16.2 Å². The lowest BCUT2D eigenvalue weighted by atomic mass is 9.97. The molecule has 0 radical (unpaired) electrons. The maximum absolute atomic E-state index is 11.3. The van der Waals surface area contributed by atoms with Crippen molar-refractivity contribution < 1.29 is 14.7 Å². The Kier molecular flexibility index (Phi) is 8.75. The molecule has 1 heterocycles. The molecule has 164 valence electrons. The van der Waals surface area contributed by atoms with Gasteiger partial charge in [-0.05, 0) is 48.1 Å². The van der Waals surface area contributed by atoms with Crippen molar-refractivity contribution in [3.63, 3.8) is 0 Å². The quantitative estimate of drug-likeness (QED) is 0.276. The van der Waals surface area contributed by atoms with Gasteiger partial charge in [0.25, 0.3) is 0 Å². The molecule has 2 amide bonds. The summed E-state index contributed by atoms with van der Waals surface area (Å²) >= 11 is 0. The van der Waals surface area contributed by atoms with Crippen LogP contribution in [0, 0.1) is 11.3 Å². The molecule has 0 saturated heterocycles. The fourth-order valence-electron chi connectivity index (χ4n) is 3.14. The number of aliphatic carboxylic acids is 1. The van der Waals surface area contributed by atoms with E-state index in [2.05, 4.69) is 10.3 Å². The Labute approximate surface area is 182 Å². The number of unbranched alkanes of at least 4 members (excludes halogenated alkanes) is 1. The van der Waals surface area contributed by atoms with Crippen LogP contribution < -0.4 is 16.0 Å². The van der Waals surface area contributed by atoms with Gasteiger partial charge in [0.1, 0.15) is 0 Å². The molecule has 8 nitrogen and oxygen atoms in total. The normalized spacial score (nSPS) is 11.3. The molecule has 0 bridgehead atoms. The number of carboxylic acids is 1. The summed E-state index contributed by atoms with van der Waals surface area (Å²) in [6.45, 7) is 4.57. The van der Waals surface area contributed by atoms with E-state index in [0.29, 0.717) is 19.4 Å². The number of allylic oxidation sites excluding steroid dienone is 1. The molecule has 0 unspecified atom stereocenters. The standard InChI is InChI=1S/C23H29N5O3/c1-16(2)15-28(22(24)27-23(25)31)19-9-5-7-17(13-19)20(10-3-4-11-21(29)30)18-8-6-12-26-14-18/h5-10,12-14,16H,3-4,11,15H2,1-2H3,(H,29,30)(H4,24,25,27,31)/b20-10+. The van der Waals surface area contributed by atoms with E-state index < -0.39 is 12.0 Å². The molecule has 31 heavy (non-hydrogen) atoms. The predicted octanol–water partition coefficient (Wildman–Crippen LogP) is 3.83. The molecule has 0 atom stereocenters. The average Bonchev–Trinajstić information content (AvgIpc) is 2.72. The molecule has 5 N–H and O–H groups in total. The number of carboxylic acid groups (broad SMARTS) is 1. The number of rotatable bonds is 9. The molecule has 0 saturated carbocycles. The number of nitrogens with one attached hydrogen (secondary N) is 2. The molecular weight excluding hydrogens is 394 g/mol. The highest BCUT2D eigenvalue weighted by molar-refractivity contribution is 6.03. The van der Waals surface area contributed by atoms with Gasteiger partial charge in [0.15, 0.2) is 0 Å². The first kappa shape index (κ1) is 23.6. The summed E-state index contributed by atoms with van der Waals surface area (Å²) in [7, 11) is 0. The first-order chi connectivity index (χ1) is 14.8. The van der Waals surface area contributed by atoms with Crippen LogP contribution in [-0.4, -0.2) is 34.6 Å². The summed E-state index contributed by atoms with van der Waals surface area (Å²) in [4.78, 5) is 28.0. The fourth-order valence-corrected chi connectivity index (χ4v) is 3.14. The van der Waals surface area contributed by atoms with Gasteiger partial charge in [-0.25, -0.2) is 4.79 Å². The zero-order chi connectivity index (χ0) is 22.8. The molecule has 1 aromatic carbocycles. The summed E-state index contributed by atoms with van der Waals surface area (Å²) in [5, 5.41) is 19.5. The number of urea groups is 1. The fraction of sp³-hybridized carbons (Fsp3) is 0.304. The van der Waals surface area contributed by atoms with E-state index in [0.717, 1.165) is 22.4 Å². The molecule has 2 rings (SSSR count). The number of carbonyl (C=O) groups excluding carboxylic acids is 1. The SMILES string of the molecule is CC(C)CN(C(=N)NC(N)=O)c1cccc(/C(=C\CCCC(=O)O)c2cccnc2)c1. The number of anilines is 1. The van der Waals surface area contributed by atoms with Gasteiger partial charge in [-0.3, -0.25) is 20.5 Å². The summed E-state index contributed by atoms with van der Waals surface area (Å²) in [5.41, 5.74) is 8.70. The molecular formula is C23H29N5O3. The summed E-state index contributed by atoms with van der Waals surface area (Å²) < 4.78 is 0. The number of primary amides is 1. The third kappa shape index (κ3) is 7.58. The summed E-state index contributed by atoms with van der Waals surface area (Å²) in [6, 6.07) is 10.7. The Morgan fingerprint density at radius 2 is 2.00 bits per heavy atom. The lowest BCUT2D eigenvalue weighted by molar-refractivity contribution is -0.137. The van der Waals surface area contributed by atoms with Gasteiger partial charge in [-0.1, -0.05) is 38.1 Å². The van der Waals surface area contributed by atoms with E-state index >= 15 is 0 Å². The van der Waals surface area contributed by atoms with Gasteiger partial charge < -0.3 is 15.7 Å². The van der Waals surface area contributed by atoms with Gasteiger partial charge in [0.2, 0.25) is 5.96 Å². The van der Waals surface area contributed by atoms with E-state index in [-0.39, 0.29) is 18.3 Å². The maximum Gasteiger partial charge on any atom is 0.318 e. The molecule has 8 heteroatoms. The minimum absolute atomic E-state index is 0.0910. The Hall–Kier alpha value is -3.68. The molecule has 0 spiro atoms. The third-order valence-electron chi connectivity index (χ3n) is 4.44. The number of nitrogens with zero attached hydrogens (tertiary/aromatic N) is 2. The van der Waals surface area contributed by atoms with Crippen LogP contribution in [0.1, 0.15) is 44.2 Å². The lowest BCUT2D eigenvalue weighted by Crippen LogP contribution is -2.47. The van der Waals surface area contributed by atoms with Crippen molar-refractivity contribution >= 4 is 29.2 Å². The van der Waals surface area contributed by atoms with Gasteiger partial charge in [-0.15, -0.1) is 0 Å². The number of benzene rings is 1. The van der Waals surface area contributed by atoms with Crippen LogP contribution in [0.25, 0.3) is 5.57 Å². The number of hydrogen-bond acceptors (Lipinski definition) is 4. The van der Waals surface area contributed by atoms with E-state index in [1.807, 2.05) is 56.3 Å². The van der Waals surface area contributed by atoms with Gasteiger partial charge in [0, 0.05) is 36.6 Å². The number of amides is 2. The van der Waals surface area contributed by atoms with Crippen molar-refractivity contribution in [3.8, 4) is 0 Å². The topological polar surface area (TPSA) is 132 Å². The largest absolute Gasteiger partial charge is 0.481 e. The highest BCUT2D eigenvalue weighted by atomic mass is 16.4. The van der Waals surface area contributed by atoms with Gasteiger partial charge >= 0.3 is 12.0 Å². The van der Waals surface area contributed by atoms with Crippen molar-refractivity contribution in [2.24, 2.45) is 11.7 Å². The number of aromatic nitrogens is 1. The number of nitrogens with two attached hydrogens (primary N) is 1. The zero-order valence-corrected chi connectivity index (χ0v) is 17.8. The molecule has 0 aliphatic heterocycles. The first-order valence-electron chi connectivity index (χ1n) is 10.1. The van der Waals surface area contributed by atoms with E-state index in [1.54, 1.807) is 17.3 Å². The Morgan fingerprint density at radius 1 is 1.26 bits per heavy atom. The van der Waals surface area contributed by atoms with Crippen LogP contribution in [0.5, 0.6) is 0 Å². The van der Waals surface area contributed by atoms with Crippen molar-refractivity contribution in [2.45, 2.75) is 33.1 Å². The number of guanidine groups is 1. The minimum atomic E-state index is -0.817. The zero-order valence-electron chi connectivity index (χ0n) is 17.8. The Morgan fingerprint density at radius 3 is 2.61 bits per heavy atom. The summed E-state index contributed by atoms with van der Waals surface area (Å²) in [6.07, 6.45) is 6.72. The Bertz CT molecular complexity index is 941. The van der Waals surface area contributed by atoms with E-state index in [1.165, 1.54) is 0 Å². The highest BCUT2D eigenvalue weighted by Gasteiger charge is 2.17. The van der Waals surface area contributed by atoms with Crippen LogP contribution in [-0.2, 0) is 4.79 Å². The monoisotopic (exact) mass is 423 g/mol. The molecule has 0 aliphatic rings. The van der Waals surface area contributed by atoms with Crippen LogP contribution in [0.4, 0.5) is 10.5 Å². The average molecular weight is 424 g/mol. The van der Waals surface area contributed by atoms with Crippen LogP contribution in [0.3, 0.4) is 0 Å². The minimum Gasteiger partial charge on any atom is -0.481 e. The molecule has 2 aromatic rings.